The molecular weight excluding hydrogens is 255 g/mol. The highest BCUT2D eigenvalue weighted by atomic mass is 79.9. The monoisotopic (exact) mass is 258 g/mol. The second kappa shape index (κ2) is 3.63. The molecule has 10 heteroatoms. The van der Waals surface area contributed by atoms with Crippen LogP contribution >= 0.6 is 15.9 Å². The molecule has 0 radical (unpaired) electrons. The standard InChI is InChI=1S/C3H4BrFN4O4/c4-3-6-1(8(10)11)2(7(3)5)9(12)13/h8-10,12H. The minimum Gasteiger partial charge on any atom is -0.593 e. The Hall–Kier alpha value is -0.620. The van der Waals surface area contributed by atoms with Gasteiger partial charge in [0.05, 0.1) is 0 Å². The van der Waals surface area contributed by atoms with Crippen molar-refractivity contribution >= 4 is 27.6 Å². The van der Waals surface area contributed by atoms with Gasteiger partial charge >= 0.3 is 11.6 Å². The molecule has 0 amide bonds. The van der Waals surface area contributed by atoms with E-state index in [1.165, 1.54) is 0 Å². The molecule has 0 saturated heterocycles. The molecule has 2 atom stereocenters. The second-order valence-corrected chi connectivity index (χ2v) is 2.68. The summed E-state index contributed by atoms with van der Waals surface area (Å²) in [6, 6.07) is 0. The van der Waals surface area contributed by atoms with Gasteiger partial charge in [-0.05, 0) is 15.9 Å². The summed E-state index contributed by atoms with van der Waals surface area (Å²) in [6.45, 7) is 0. The van der Waals surface area contributed by atoms with Crippen molar-refractivity contribution in [3.05, 3.63) is 15.1 Å². The minimum absolute atomic E-state index is 0.355. The van der Waals surface area contributed by atoms with Crippen molar-refractivity contribution in [2.24, 2.45) is 0 Å². The number of nitrogens with one attached hydrogen (secondary N) is 2. The normalized spacial score (nSPS) is 15.8. The van der Waals surface area contributed by atoms with Crippen molar-refractivity contribution in [3.63, 3.8) is 0 Å². The van der Waals surface area contributed by atoms with Gasteiger partial charge < -0.3 is 10.4 Å². The molecule has 8 nitrogen and oxygen atoms in total. The predicted octanol–water partition coefficient (Wildman–Crippen LogP) is -1.81. The van der Waals surface area contributed by atoms with Crippen LogP contribution in [-0.4, -0.2) is 20.2 Å². The van der Waals surface area contributed by atoms with Gasteiger partial charge in [0, 0.05) is 0 Å². The van der Waals surface area contributed by atoms with Crippen LogP contribution in [0.1, 0.15) is 0 Å². The Labute approximate surface area is 78.6 Å². The zero-order chi connectivity index (χ0) is 10.2. The molecule has 13 heavy (non-hydrogen) atoms. The molecule has 1 heterocycles. The van der Waals surface area contributed by atoms with E-state index in [0.717, 1.165) is 0 Å². The first-order valence-electron chi connectivity index (χ1n) is 2.86. The Morgan fingerprint density at radius 3 is 2.23 bits per heavy atom. The zero-order valence-electron chi connectivity index (χ0n) is 5.86. The van der Waals surface area contributed by atoms with Crippen LogP contribution in [-0.2, 0) is 0 Å². The molecule has 0 bridgehead atoms. The fraction of sp³-hybridized carbons (Fsp3) is 0. The van der Waals surface area contributed by atoms with Crippen LogP contribution in [0.3, 0.4) is 0 Å². The number of hydrogen-bond acceptors (Lipinski definition) is 5. The quantitative estimate of drug-likeness (QED) is 0.467. The van der Waals surface area contributed by atoms with Gasteiger partial charge in [-0.25, -0.2) is 10.4 Å². The van der Waals surface area contributed by atoms with E-state index in [9.17, 15) is 14.9 Å². The van der Waals surface area contributed by atoms with Gasteiger partial charge in [-0.3, -0.25) is 0 Å². The first-order chi connectivity index (χ1) is 5.95. The number of quaternary nitrogens is 2. The Morgan fingerprint density at radius 2 is 1.92 bits per heavy atom. The lowest BCUT2D eigenvalue weighted by atomic mass is 10.7. The Bertz CT molecular complexity index is 315. The molecule has 0 saturated carbocycles. The molecule has 2 unspecified atom stereocenters. The molecule has 1 aromatic rings. The summed E-state index contributed by atoms with van der Waals surface area (Å²) in [5.74, 6) is -1.86. The number of imidazole rings is 1. The lowest BCUT2D eigenvalue weighted by Gasteiger charge is -2.13. The molecule has 0 spiro atoms. The Balaban J connectivity index is 3.27. The SMILES string of the molecule is [O-][NH+](O)c1nc(Br)n(F)c1[NH+]([O-])O. The summed E-state index contributed by atoms with van der Waals surface area (Å²) >= 11 is 2.55. The summed E-state index contributed by atoms with van der Waals surface area (Å²) in [7, 11) is 0. The molecule has 74 valence electrons. The maximum Gasteiger partial charge on any atom is 0.357 e. The lowest BCUT2D eigenvalue weighted by molar-refractivity contribution is -1.02. The highest BCUT2D eigenvalue weighted by Gasteiger charge is 2.27. The number of hydrogen-bond donors (Lipinski definition) is 4. The van der Waals surface area contributed by atoms with E-state index in [1.807, 2.05) is 0 Å². The van der Waals surface area contributed by atoms with Crippen LogP contribution in [0, 0.1) is 10.4 Å². The fourth-order valence-electron chi connectivity index (χ4n) is 0.709. The van der Waals surface area contributed by atoms with E-state index >= 15 is 0 Å². The first kappa shape index (κ1) is 10.5. The summed E-state index contributed by atoms with van der Waals surface area (Å²) in [5.41, 5.74) is 0. The molecule has 0 aliphatic heterocycles. The van der Waals surface area contributed by atoms with Gasteiger partial charge in [0.1, 0.15) is 0 Å². The largest absolute Gasteiger partial charge is 0.593 e. The van der Waals surface area contributed by atoms with Crippen LogP contribution in [0.5, 0.6) is 0 Å². The van der Waals surface area contributed by atoms with E-state index in [4.69, 9.17) is 10.4 Å². The smallest absolute Gasteiger partial charge is 0.357 e. The maximum atomic E-state index is 12.8. The van der Waals surface area contributed by atoms with Gasteiger partial charge in [-0.1, -0.05) is 9.27 Å². The maximum absolute atomic E-state index is 12.8. The van der Waals surface area contributed by atoms with Gasteiger partial charge in [0.2, 0.25) is 4.73 Å². The van der Waals surface area contributed by atoms with Crippen LogP contribution in [0.4, 0.5) is 16.1 Å². The summed E-state index contributed by atoms with van der Waals surface area (Å²) in [5, 5.41) is 34.3. The molecular formula is C3H4BrFN4O4. The van der Waals surface area contributed by atoms with Crippen molar-refractivity contribution in [1.82, 2.24) is 9.77 Å². The first-order valence-corrected chi connectivity index (χ1v) is 3.65. The molecule has 0 aliphatic carbocycles. The van der Waals surface area contributed by atoms with Gasteiger partial charge in [-0.15, -0.1) is 0 Å². The van der Waals surface area contributed by atoms with Crippen molar-refractivity contribution in [3.8, 4) is 0 Å². The molecule has 0 aromatic carbocycles. The van der Waals surface area contributed by atoms with Crippen molar-refractivity contribution < 1.29 is 25.3 Å². The number of aromatic nitrogens is 2. The summed E-state index contributed by atoms with van der Waals surface area (Å²) in [4.78, 5) is 2.80. The molecule has 4 N–H and O–H groups in total. The van der Waals surface area contributed by atoms with E-state index < -0.39 is 26.8 Å². The van der Waals surface area contributed by atoms with E-state index in [2.05, 4.69) is 20.9 Å². The van der Waals surface area contributed by atoms with Crippen LogP contribution < -0.4 is 10.5 Å². The molecule has 1 aromatic heterocycles. The van der Waals surface area contributed by atoms with Crippen molar-refractivity contribution in [2.45, 2.75) is 0 Å². The third kappa shape index (κ3) is 1.83. The topological polar surface area (TPSA) is 113 Å². The third-order valence-corrected chi connectivity index (χ3v) is 1.68. The van der Waals surface area contributed by atoms with E-state index in [0.29, 0.717) is 0 Å². The van der Waals surface area contributed by atoms with Crippen LogP contribution in [0.2, 0.25) is 0 Å². The summed E-state index contributed by atoms with van der Waals surface area (Å²) < 4.78 is 12.3. The van der Waals surface area contributed by atoms with Gasteiger partial charge in [0.25, 0.3) is 0 Å². The highest BCUT2D eigenvalue weighted by molar-refractivity contribution is 9.10. The summed E-state index contributed by atoms with van der Waals surface area (Å²) in [6.07, 6.45) is 0. The molecule has 0 aliphatic rings. The number of halogens is 2. The van der Waals surface area contributed by atoms with Crippen molar-refractivity contribution in [2.75, 3.05) is 0 Å². The second-order valence-electron chi connectivity index (χ2n) is 1.97. The van der Waals surface area contributed by atoms with E-state index in [-0.39, 0.29) is 4.79 Å². The zero-order valence-corrected chi connectivity index (χ0v) is 7.45. The third-order valence-electron chi connectivity index (χ3n) is 1.19. The molecule has 0 fully saturated rings. The minimum atomic E-state index is -1.70. The van der Waals surface area contributed by atoms with Crippen molar-refractivity contribution in [1.29, 1.82) is 0 Å². The fourth-order valence-corrected chi connectivity index (χ4v) is 1.06. The average Bonchev–Trinajstić information content (AvgIpc) is 2.28. The van der Waals surface area contributed by atoms with Crippen LogP contribution in [0.25, 0.3) is 0 Å². The number of nitrogens with zero attached hydrogens (tertiary/aromatic N) is 2. The molecule has 1 rings (SSSR count). The number of rotatable bonds is 2. The van der Waals surface area contributed by atoms with E-state index in [1.54, 1.807) is 0 Å². The Morgan fingerprint density at radius 1 is 1.38 bits per heavy atom. The Kier molecular flexibility index (Phi) is 2.92. The highest BCUT2D eigenvalue weighted by Crippen LogP contribution is 2.19. The predicted molar refractivity (Wildman–Crippen MR) is 38.0 cm³/mol. The van der Waals surface area contributed by atoms with Gasteiger partial charge in [-0.2, -0.15) is 15.4 Å². The van der Waals surface area contributed by atoms with Crippen LogP contribution in [0.15, 0.2) is 4.73 Å². The van der Waals surface area contributed by atoms with Gasteiger partial charge in [0.15, 0.2) is 0 Å². The lowest BCUT2D eigenvalue weighted by Crippen LogP contribution is -3.05. The average molecular weight is 259 g/mol.